The second-order valence-corrected chi connectivity index (χ2v) is 5.23. The van der Waals surface area contributed by atoms with Crippen LogP contribution in [0.5, 0.6) is 5.75 Å². The second kappa shape index (κ2) is 8.02. The van der Waals surface area contributed by atoms with Crippen molar-refractivity contribution in [2.45, 2.75) is 0 Å². The standard InChI is InChI=1S/C19H20N2O/c1-20-19(15-16-7-5-4-6-8-16)17-9-11-18(12-10-17)22-14-13-21(2)3/h4-12,15H,13-14H2,2-3H3/b19-15-. The maximum atomic E-state index is 7.38. The van der Waals surface area contributed by atoms with E-state index in [0.29, 0.717) is 12.3 Å². The lowest BCUT2D eigenvalue weighted by Gasteiger charge is -2.11. The van der Waals surface area contributed by atoms with E-state index in [-0.39, 0.29) is 0 Å². The van der Waals surface area contributed by atoms with E-state index >= 15 is 0 Å². The lowest BCUT2D eigenvalue weighted by molar-refractivity contribution is 0.261. The summed E-state index contributed by atoms with van der Waals surface area (Å²) in [5, 5.41) is 0. The van der Waals surface area contributed by atoms with E-state index in [9.17, 15) is 0 Å². The summed E-state index contributed by atoms with van der Waals surface area (Å²) in [5.41, 5.74) is 2.56. The number of nitrogens with zero attached hydrogens (tertiary/aromatic N) is 2. The normalized spacial score (nSPS) is 11.3. The van der Waals surface area contributed by atoms with Crippen molar-refractivity contribution in [1.29, 1.82) is 0 Å². The van der Waals surface area contributed by atoms with Crippen LogP contribution in [0.25, 0.3) is 16.6 Å². The molecule has 0 saturated heterocycles. The number of ether oxygens (including phenoxy) is 1. The highest BCUT2D eigenvalue weighted by Crippen LogP contribution is 2.22. The molecule has 2 aromatic rings. The van der Waals surface area contributed by atoms with Crippen LogP contribution in [0, 0.1) is 6.57 Å². The van der Waals surface area contributed by atoms with Crippen molar-refractivity contribution < 1.29 is 4.74 Å². The minimum atomic E-state index is 0.631. The number of benzene rings is 2. The first-order valence-electron chi connectivity index (χ1n) is 7.21. The molecule has 0 atom stereocenters. The van der Waals surface area contributed by atoms with Crippen LogP contribution < -0.4 is 4.74 Å². The molecule has 0 N–H and O–H groups in total. The zero-order valence-corrected chi connectivity index (χ0v) is 13.0. The molecule has 0 aliphatic carbocycles. The minimum absolute atomic E-state index is 0.631. The highest BCUT2D eigenvalue weighted by molar-refractivity contribution is 5.85. The molecule has 0 unspecified atom stereocenters. The molecule has 0 aromatic heterocycles. The summed E-state index contributed by atoms with van der Waals surface area (Å²) in [6, 6.07) is 17.6. The first kappa shape index (κ1) is 15.8. The Morgan fingerprint density at radius 1 is 1.09 bits per heavy atom. The zero-order chi connectivity index (χ0) is 15.8. The lowest BCUT2D eigenvalue weighted by Crippen LogP contribution is -2.19. The molecule has 2 rings (SSSR count). The van der Waals surface area contributed by atoms with Gasteiger partial charge in [0.1, 0.15) is 12.4 Å². The monoisotopic (exact) mass is 292 g/mol. The first-order valence-corrected chi connectivity index (χ1v) is 7.21. The molecule has 0 fully saturated rings. The average molecular weight is 292 g/mol. The quantitative estimate of drug-likeness (QED) is 0.590. The second-order valence-electron chi connectivity index (χ2n) is 5.23. The Hall–Kier alpha value is -2.57. The number of rotatable bonds is 6. The molecule has 0 heterocycles. The van der Waals surface area contributed by atoms with Crippen LogP contribution >= 0.6 is 0 Å². The smallest absolute Gasteiger partial charge is 0.194 e. The molecule has 0 aliphatic heterocycles. The van der Waals surface area contributed by atoms with Crippen LogP contribution in [-0.2, 0) is 0 Å². The Morgan fingerprint density at radius 2 is 1.77 bits per heavy atom. The SMILES string of the molecule is [C-]#[N+]/C(=C\c1ccccc1)c1ccc(OCCN(C)C)cc1. The summed E-state index contributed by atoms with van der Waals surface area (Å²) in [6.45, 7) is 8.91. The summed E-state index contributed by atoms with van der Waals surface area (Å²) >= 11 is 0. The van der Waals surface area contributed by atoms with E-state index in [1.54, 1.807) is 0 Å². The van der Waals surface area contributed by atoms with Gasteiger partial charge in [-0.05, 0) is 43.4 Å². The van der Waals surface area contributed by atoms with Crippen LogP contribution in [0.1, 0.15) is 11.1 Å². The van der Waals surface area contributed by atoms with Gasteiger partial charge in [-0.3, -0.25) is 0 Å². The van der Waals surface area contributed by atoms with E-state index in [0.717, 1.165) is 23.4 Å². The molecule has 3 heteroatoms. The Morgan fingerprint density at radius 3 is 2.36 bits per heavy atom. The fraction of sp³-hybridized carbons (Fsp3) is 0.211. The molecule has 0 spiro atoms. The van der Waals surface area contributed by atoms with Gasteiger partial charge >= 0.3 is 0 Å². The van der Waals surface area contributed by atoms with E-state index in [1.165, 1.54) is 0 Å². The molecule has 0 bridgehead atoms. The van der Waals surface area contributed by atoms with Crippen molar-refractivity contribution in [2.75, 3.05) is 27.2 Å². The van der Waals surface area contributed by atoms with Crippen molar-refractivity contribution in [1.82, 2.24) is 4.90 Å². The van der Waals surface area contributed by atoms with E-state index in [1.807, 2.05) is 74.8 Å². The van der Waals surface area contributed by atoms with E-state index < -0.39 is 0 Å². The molecule has 112 valence electrons. The van der Waals surface area contributed by atoms with Crippen molar-refractivity contribution in [2.24, 2.45) is 0 Å². The van der Waals surface area contributed by atoms with Crippen molar-refractivity contribution in [3.8, 4) is 5.75 Å². The van der Waals surface area contributed by atoms with E-state index in [2.05, 4.69) is 9.74 Å². The van der Waals surface area contributed by atoms with Gasteiger partial charge in [-0.25, -0.2) is 4.85 Å². The van der Waals surface area contributed by atoms with Gasteiger partial charge < -0.3 is 9.64 Å². The van der Waals surface area contributed by atoms with Gasteiger partial charge in [-0.2, -0.15) is 0 Å². The number of likely N-dealkylation sites (N-methyl/N-ethyl adjacent to an activating group) is 1. The predicted octanol–water partition coefficient (Wildman–Crippen LogP) is 4.04. The van der Waals surface area contributed by atoms with Crippen LogP contribution in [-0.4, -0.2) is 32.1 Å². The average Bonchev–Trinajstić information content (AvgIpc) is 2.54. The summed E-state index contributed by atoms with van der Waals surface area (Å²) in [6.07, 6.45) is 1.90. The zero-order valence-electron chi connectivity index (χ0n) is 13.0. The van der Waals surface area contributed by atoms with Gasteiger partial charge in [0.15, 0.2) is 5.70 Å². The van der Waals surface area contributed by atoms with Crippen molar-refractivity contribution in [3.05, 3.63) is 77.1 Å². The summed E-state index contributed by atoms with van der Waals surface area (Å²) in [4.78, 5) is 5.71. The number of hydrogen-bond donors (Lipinski definition) is 0. The largest absolute Gasteiger partial charge is 0.492 e. The third-order valence-corrected chi connectivity index (χ3v) is 3.18. The van der Waals surface area contributed by atoms with Gasteiger partial charge in [0.25, 0.3) is 0 Å². The Kier molecular flexibility index (Phi) is 5.76. The summed E-state index contributed by atoms with van der Waals surface area (Å²) < 4.78 is 5.66. The van der Waals surface area contributed by atoms with Crippen molar-refractivity contribution in [3.63, 3.8) is 0 Å². The Bertz CT molecular complexity index is 652. The van der Waals surface area contributed by atoms with Crippen LogP contribution in [0.3, 0.4) is 0 Å². The lowest BCUT2D eigenvalue weighted by atomic mass is 10.1. The molecule has 0 aliphatic rings. The van der Waals surface area contributed by atoms with Crippen LogP contribution in [0.2, 0.25) is 0 Å². The Balaban J connectivity index is 2.08. The van der Waals surface area contributed by atoms with Crippen LogP contribution in [0.4, 0.5) is 0 Å². The highest BCUT2D eigenvalue weighted by Gasteiger charge is 2.02. The molecule has 22 heavy (non-hydrogen) atoms. The molecular formula is C19H20N2O. The maximum Gasteiger partial charge on any atom is 0.194 e. The summed E-state index contributed by atoms with van der Waals surface area (Å²) in [7, 11) is 4.03. The van der Waals surface area contributed by atoms with Gasteiger partial charge in [-0.15, -0.1) is 0 Å². The number of hydrogen-bond acceptors (Lipinski definition) is 2. The third-order valence-electron chi connectivity index (χ3n) is 3.18. The summed E-state index contributed by atoms with van der Waals surface area (Å²) in [5.74, 6) is 0.828. The van der Waals surface area contributed by atoms with Crippen molar-refractivity contribution >= 4 is 11.8 Å². The first-order chi connectivity index (χ1) is 10.7. The minimum Gasteiger partial charge on any atom is -0.492 e. The highest BCUT2D eigenvalue weighted by atomic mass is 16.5. The predicted molar refractivity (Wildman–Crippen MR) is 91.4 cm³/mol. The molecule has 0 radical (unpaired) electrons. The molecule has 2 aromatic carbocycles. The fourth-order valence-corrected chi connectivity index (χ4v) is 1.96. The third kappa shape index (κ3) is 4.76. The van der Waals surface area contributed by atoms with Gasteiger partial charge in [-0.1, -0.05) is 42.5 Å². The Labute approximate surface area is 132 Å². The fourth-order valence-electron chi connectivity index (χ4n) is 1.96. The van der Waals surface area contributed by atoms with Gasteiger partial charge in [0.05, 0.1) is 6.57 Å². The maximum absolute atomic E-state index is 7.38. The topological polar surface area (TPSA) is 16.8 Å². The molecule has 0 saturated carbocycles. The van der Waals surface area contributed by atoms with Gasteiger partial charge in [0, 0.05) is 6.54 Å². The van der Waals surface area contributed by atoms with Crippen LogP contribution in [0.15, 0.2) is 54.6 Å². The van der Waals surface area contributed by atoms with Gasteiger partial charge in [0.2, 0.25) is 0 Å². The molecule has 3 nitrogen and oxygen atoms in total. The molecular weight excluding hydrogens is 272 g/mol. The molecule has 0 amide bonds. The van der Waals surface area contributed by atoms with E-state index in [4.69, 9.17) is 11.3 Å².